The van der Waals surface area contributed by atoms with Crippen LogP contribution in [0.15, 0.2) is 18.3 Å². The number of hydrogen-bond acceptors (Lipinski definition) is 4. The second-order valence-electron chi connectivity index (χ2n) is 3.40. The molecule has 0 fully saturated rings. The van der Waals surface area contributed by atoms with Crippen LogP contribution >= 0.6 is 0 Å². The van der Waals surface area contributed by atoms with E-state index in [1.807, 2.05) is 31.1 Å². The molecule has 0 saturated heterocycles. The maximum Gasteiger partial charge on any atom is 0.133 e. The molecule has 0 aliphatic rings. The van der Waals surface area contributed by atoms with Crippen molar-refractivity contribution in [1.82, 2.24) is 4.98 Å². The van der Waals surface area contributed by atoms with E-state index < -0.39 is 6.10 Å². The summed E-state index contributed by atoms with van der Waals surface area (Å²) in [5.74, 6) is 0.799. The quantitative estimate of drug-likeness (QED) is 0.735. The summed E-state index contributed by atoms with van der Waals surface area (Å²) in [7, 11) is 3.81. The number of pyridine rings is 1. The predicted octanol–water partition coefficient (Wildman–Crippen LogP) is 0.530. The molecular formula is C10H17N3O. The summed E-state index contributed by atoms with van der Waals surface area (Å²) < 4.78 is 0. The van der Waals surface area contributed by atoms with Gasteiger partial charge in [0.1, 0.15) is 5.82 Å². The van der Waals surface area contributed by atoms with Crippen LogP contribution in [0.2, 0.25) is 0 Å². The molecule has 0 bridgehead atoms. The van der Waals surface area contributed by atoms with Gasteiger partial charge in [-0.15, -0.1) is 0 Å². The third-order valence-electron chi connectivity index (χ3n) is 2.04. The van der Waals surface area contributed by atoms with Gasteiger partial charge in [0.25, 0.3) is 0 Å². The standard InChI is InChI=1S/C10H17N3O/c1-13(2)10-8(4-3-7-12-10)9(14)5-6-11/h3-4,7,9,14H,5-6,11H2,1-2H3/t9-/m0/s1. The lowest BCUT2D eigenvalue weighted by atomic mass is 10.1. The van der Waals surface area contributed by atoms with Gasteiger partial charge in [0, 0.05) is 25.9 Å². The molecule has 0 aliphatic heterocycles. The molecule has 0 unspecified atom stereocenters. The zero-order valence-electron chi connectivity index (χ0n) is 8.64. The Bertz CT molecular complexity index is 288. The van der Waals surface area contributed by atoms with Crippen LogP contribution in [0, 0.1) is 0 Å². The second-order valence-corrected chi connectivity index (χ2v) is 3.40. The molecule has 0 aliphatic carbocycles. The maximum absolute atomic E-state index is 9.80. The van der Waals surface area contributed by atoms with Gasteiger partial charge in [-0.05, 0) is 19.0 Å². The van der Waals surface area contributed by atoms with E-state index in [4.69, 9.17) is 5.73 Å². The molecule has 0 saturated carbocycles. The first-order chi connectivity index (χ1) is 6.66. The molecule has 14 heavy (non-hydrogen) atoms. The molecule has 0 radical (unpaired) electrons. The molecule has 1 heterocycles. The van der Waals surface area contributed by atoms with E-state index in [2.05, 4.69) is 4.98 Å². The fourth-order valence-electron chi connectivity index (χ4n) is 1.36. The molecule has 1 aromatic rings. The number of aliphatic hydroxyl groups excluding tert-OH is 1. The first-order valence-corrected chi connectivity index (χ1v) is 4.67. The first kappa shape index (κ1) is 10.9. The first-order valence-electron chi connectivity index (χ1n) is 4.67. The Morgan fingerprint density at radius 2 is 2.29 bits per heavy atom. The summed E-state index contributed by atoms with van der Waals surface area (Å²) in [6, 6.07) is 3.70. The third-order valence-corrected chi connectivity index (χ3v) is 2.04. The van der Waals surface area contributed by atoms with Crippen molar-refractivity contribution in [3.63, 3.8) is 0 Å². The monoisotopic (exact) mass is 195 g/mol. The number of nitrogens with zero attached hydrogens (tertiary/aromatic N) is 2. The van der Waals surface area contributed by atoms with Crippen LogP contribution in [0.5, 0.6) is 0 Å². The number of aliphatic hydroxyl groups is 1. The van der Waals surface area contributed by atoms with Gasteiger partial charge in [0.2, 0.25) is 0 Å². The van der Waals surface area contributed by atoms with Gasteiger partial charge in [-0.3, -0.25) is 0 Å². The third kappa shape index (κ3) is 2.43. The van der Waals surface area contributed by atoms with Crippen molar-refractivity contribution in [2.45, 2.75) is 12.5 Å². The lowest BCUT2D eigenvalue weighted by molar-refractivity contribution is 0.170. The van der Waals surface area contributed by atoms with Crippen LogP contribution in [-0.4, -0.2) is 30.7 Å². The molecule has 0 amide bonds. The molecule has 4 nitrogen and oxygen atoms in total. The normalized spacial score (nSPS) is 12.6. The minimum Gasteiger partial charge on any atom is -0.388 e. The number of anilines is 1. The number of rotatable bonds is 4. The lowest BCUT2D eigenvalue weighted by Crippen LogP contribution is -2.16. The van der Waals surface area contributed by atoms with Crippen LogP contribution in [0.4, 0.5) is 5.82 Å². The van der Waals surface area contributed by atoms with E-state index in [0.717, 1.165) is 11.4 Å². The highest BCUT2D eigenvalue weighted by Gasteiger charge is 2.13. The van der Waals surface area contributed by atoms with Crippen LogP contribution in [0.3, 0.4) is 0 Å². The summed E-state index contributed by atoms with van der Waals surface area (Å²) in [5.41, 5.74) is 6.24. The van der Waals surface area contributed by atoms with Crippen LogP contribution < -0.4 is 10.6 Å². The van der Waals surface area contributed by atoms with E-state index >= 15 is 0 Å². The fraction of sp³-hybridized carbons (Fsp3) is 0.500. The minimum atomic E-state index is -0.522. The van der Waals surface area contributed by atoms with Crippen LogP contribution in [-0.2, 0) is 0 Å². The topological polar surface area (TPSA) is 62.4 Å². The van der Waals surface area contributed by atoms with E-state index in [1.54, 1.807) is 6.20 Å². The van der Waals surface area contributed by atoms with Crippen molar-refractivity contribution in [2.24, 2.45) is 5.73 Å². The molecule has 0 aromatic carbocycles. The van der Waals surface area contributed by atoms with Gasteiger partial charge >= 0.3 is 0 Å². The van der Waals surface area contributed by atoms with Crippen LogP contribution in [0.25, 0.3) is 0 Å². The summed E-state index contributed by atoms with van der Waals surface area (Å²) in [5, 5.41) is 9.80. The maximum atomic E-state index is 9.80. The lowest BCUT2D eigenvalue weighted by Gasteiger charge is -2.18. The molecule has 78 valence electrons. The summed E-state index contributed by atoms with van der Waals surface area (Å²) in [4.78, 5) is 6.09. The van der Waals surface area contributed by atoms with Gasteiger partial charge in [-0.2, -0.15) is 0 Å². The summed E-state index contributed by atoms with van der Waals surface area (Å²) >= 11 is 0. The van der Waals surface area contributed by atoms with E-state index in [0.29, 0.717) is 13.0 Å². The van der Waals surface area contributed by atoms with Gasteiger partial charge in [-0.25, -0.2) is 4.98 Å². The van der Waals surface area contributed by atoms with Gasteiger partial charge < -0.3 is 15.7 Å². The van der Waals surface area contributed by atoms with E-state index in [1.165, 1.54) is 0 Å². The molecule has 0 spiro atoms. The van der Waals surface area contributed by atoms with E-state index in [-0.39, 0.29) is 0 Å². The Labute approximate surface area is 84.4 Å². The van der Waals surface area contributed by atoms with Crippen molar-refractivity contribution in [3.8, 4) is 0 Å². The molecular weight excluding hydrogens is 178 g/mol. The largest absolute Gasteiger partial charge is 0.388 e. The highest BCUT2D eigenvalue weighted by atomic mass is 16.3. The Balaban J connectivity index is 2.94. The number of nitrogens with two attached hydrogens (primary N) is 1. The van der Waals surface area contributed by atoms with Crippen molar-refractivity contribution < 1.29 is 5.11 Å². The summed E-state index contributed by atoms with van der Waals surface area (Å²) in [6.45, 7) is 0.475. The molecule has 4 heteroatoms. The molecule has 1 rings (SSSR count). The Kier molecular flexibility index (Phi) is 3.85. The highest BCUT2D eigenvalue weighted by Crippen LogP contribution is 2.23. The SMILES string of the molecule is CN(C)c1ncccc1[C@@H](O)CCN. The Morgan fingerprint density at radius 1 is 1.57 bits per heavy atom. The zero-order valence-corrected chi connectivity index (χ0v) is 8.64. The average Bonchev–Trinajstić information content (AvgIpc) is 2.18. The fourth-order valence-corrected chi connectivity index (χ4v) is 1.36. The Morgan fingerprint density at radius 3 is 2.86 bits per heavy atom. The van der Waals surface area contributed by atoms with E-state index in [9.17, 15) is 5.11 Å². The van der Waals surface area contributed by atoms with Gasteiger partial charge in [0.05, 0.1) is 6.10 Å². The molecule has 3 N–H and O–H groups in total. The molecule has 1 atom stereocenters. The minimum absolute atomic E-state index is 0.475. The highest BCUT2D eigenvalue weighted by molar-refractivity contribution is 5.46. The van der Waals surface area contributed by atoms with Crippen LogP contribution in [0.1, 0.15) is 18.1 Å². The zero-order chi connectivity index (χ0) is 10.6. The van der Waals surface area contributed by atoms with Crippen molar-refractivity contribution in [3.05, 3.63) is 23.9 Å². The van der Waals surface area contributed by atoms with Crippen molar-refractivity contribution in [2.75, 3.05) is 25.5 Å². The second kappa shape index (κ2) is 4.93. The molecule has 1 aromatic heterocycles. The number of hydrogen-bond donors (Lipinski definition) is 2. The van der Waals surface area contributed by atoms with Crippen molar-refractivity contribution >= 4 is 5.82 Å². The predicted molar refractivity (Wildman–Crippen MR) is 57.2 cm³/mol. The van der Waals surface area contributed by atoms with Gasteiger partial charge in [0.15, 0.2) is 0 Å². The van der Waals surface area contributed by atoms with Crippen molar-refractivity contribution in [1.29, 1.82) is 0 Å². The van der Waals surface area contributed by atoms with Gasteiger partial charge in [-0.1, -0.05) is 6.07 Å². The average molecular weight is 195 g/mol. The smallest absolute Gasteiger partial charge is 0.133 e. The summed E-state index contributed by atoms with van der Waals surface area (Å²) in [6.07, 6.45) is 1.76. The Hall–Kier alpha value is -1.13. The number of aromatic nitrogens is 1.